The fourth-order valence-electron chi connectivity index (χ4n) is 2.41. The predicted molar refractivity (Wildman–Crippen MR) is 84.4 cm³/mol. The standard InChI is InChI=1S/C16H18ClN3O3/c1-10(2)15-18-14(19-23-15)13-9-20(7-8-22-13)16(21)11-5-3-4-6-12(11)17/h3-6,10,13H,7-9H2,1-2H3/t13-/m1/s1. The quantitative estimate of drug-likeness (QED) is 0.862. The van der Waals surface area contributed by atoms with Gasteiger partial charge in [0.25, 0.3) is 5.91 Å². The molecule has 122 valence electrons. The number of carbonyl (C=O) groups excluding carboxylic acids is 1. The van der Waals surface area contributed by atoms with Gasteiger partial charge in [-0.15, -0.1) is 0 Å². The van der Waals surface area contributed by atoms with Gasteiger partial charge in [-0.1, -0.05) is 42.7 Å². The van der Waals surface area contributed by atoms with Crippen molar-refractivity contribution in [1.82, 2.24) is 15.0 Å². The second kappa shape index (κ2) is 6.68. The first kappa shape index (κ1) is 16.0. The van der Waals surface area contributed by atoms with Gasteiger partial charge in [0.2, 0.25) is 11.7 Å². The number of morpholine rings is 1. The Balaban J connectivity index is 1.75. The van der Waals surface area contributed by atoms with E-state index in [4.69, 9.17) is 20.9 Å². The van der Waals surface area contributed by atoms with Crippen molar-refractivity contribution in [2.75, 3.05) is 19.7 Å². The van der Waals surface area contributed by atoms with Crippen LogP contribution >= 0.6 is 11.6 Å². The van der Waals surface area contributed by atoms with Crippen molar-refractivity contribution in [1.29, 1.82) is 0 Å². The highest BCUT2D eigenvalue weighted by molar-refractivity contribution is 6.33. The smallest absolute Gasteiger partial charge is 0.255 e. The Morgan fingerprint density at radius 1 is 1.39 bits per heavy atom. The first-order valence-electron chi connectivity index (χ1n) is 7.55. The molecule has 1 aromatic carbocycles. The Hall–Kier alpha value is -1.92. The van der Waals surface area contributed by atoms with Gasteiger partial charge >= 0.3 is 0 Å². The lowest BCUT2D eigenvalue weighted by atomic mass is 10.1. The van der Waals surface area contributed by atoms with Gasteiger partial charge in [0.1, 0.15) is 6.10 Å². The molecule has 0 N–H and O–H groups in total. The molecule has 0 spiro atoms. The molecule has 1 aliphatic heterocycles. The Morgan fingerprint density at radius 3 is 2.87 bits per heavy atom. The molecule has 23 heavy (non-hydrogen) atoms. The van der Waals surface area contributed by atoms with E-state index in [1.54, 1.807) is 29.2 Å². The van der Waals surface area contributed by atoms with E-state index in [9.17, 15) is 4.79 Å². The molecule has 6 nitrogen and oxygen atoms in total. The number of ether oxygens (including phenoxy) is 1. The zero-order chi connectivity index (χ0) is 16.4. The highest BCUT2D eigenvalue weighted by atomic mass is 35.5. The van der Waals surface area contributed by atoms with Crippen LogP contribution in [0.2, 0.25) is 5.02 Å². The lowest BCUT2D eigenvalue weighted by molar-refractivity contribution is -0.0276. The molecule has 7 heteroatoms. The van der Waals surface area contributed by atoms with Gasteiger partial charge in [0, 0.05) is 12.5 Å². The van der Waals surface area contributed by atoms with Crippen LogP contribution < -0.4 is 0 Å². The molecular weight excluding hydrogens is 318 g/mol. The van der Waals surface area contributed by atoms with Gasteiger partial charge in [-0.25, -0.2) is 0 Å². The van der Waals surface area contributed by atoms with Crippen LogP contribution in [0.1, 0.15) is 47.9 Å². The number of hydrogen-bond donors (Lipinski definition) is 0. The SMILES string of the molecule is CC(C)c1nc([C@H]2CN(C(=O)c3ccccc3Cl)CCO2)no1. The van der Waals surface area contributed by atoms with E-state index in [-0.39, 0.29) is 17.9 Å². The van der Waals surface area contributed by atoms with E-state index in [0.29, 0.717) is 42.0 Å². The van der Waals surface area contributed by atoms with Crippen LogP contribution in [-0.2, 0) is 4.74 Å². The van der Waals surface area contributed by atoms with E-state index >= 15 is 0 Å². The largest absolute Gasteiger partial charge is 0.366 e. The second-order valence-corrected chi connectivity index (χ2v) is 6.14. The van der Waals surface area contributed by atoms with Crippen molar-refractivity contribution in [3.63, 3.8) is 0 Å². The third-order valence-corrected chi connectivity index (χ3v) is 4.03. The summed E-state index contributed by atoms with van der Waals surface area (Å²) >= 11 is 6.11. The third-order valence-electron chi connectivity index (χ3n) is 3.70. The molecule has 0 saturated carbocycles. The first-order chi connectivity index (χ1) is 11.1. The fourth-order valence-corrected chi connectivity index (χ4v) is 2.62. The van der Waals surface area contributed by atoms with Gasteiger partial charge in [0.15, 0.2) is 0 Å². The zero-order valence-electron chi connectivity index (χ0n) is 13.0. The van der Waals surface area contributed by atoms with Crippen molar-refractivity contribution in [3.8, 4) is 0 Å². The highest BCUT2D eigenvalue weighted by Crippen LogP contribution is 2.24. The average molecular weight is 336 g/mol. The van der Waals surface area contributed by atoms with Crippen LogP contribution in [0.25, 0.3) is 0 Å². The molecule has 2 heterocycles. The van der Waals surface area contributed by atoms with Gasteiger partial charge in [0.05, 0.1) is 23.7 Å². The van der Waals surface area contributed by atoms with Crippen molar-refractivity contribution in [2.45, 2.75) is 25.9 Å². The highest BCUT2D eigenvalue weighted by Gasteiger charge is 2.30. The normalized spacial score (nSPS) is 18.4. The summed E-state index contributed by atoms with van der Waals surface area (Å²) in [5.74, 6) is 1.08. The summed E-state index contributed by atoms with van der Waals surface area (Å²) < 4.78 is 10.9. The van der Waals surface area contributed by atoms with E-state index < -0.39 is 0 Å². The Morgan fingerprint density at radius 2 is 2.17 bits per heavy atom. The van der Waals surface area contributed by atoms with Crippen LogP contribution in [0.3, 0.4) is 0 Å². The number of hydrogen-bond acceptors (Lipinski definition) is 5. The maximum Gasteiger partial charge on any atom is 0.255 e. The summed E-state index contributed by atoms with van der Waals surface area (Å²) in [6.07, 6.45) is -0.383. The van der Waals surface area contributed by atoms with Crippen LogP contribution in [0.15, 0.2) is 28.8 Å². The van der Waals surface area contributed by atoms with E-state index in [0.717, 1.165) is 0 Å². The maximum absolute atomic E-state index is 12.6. The summed E-state index contributed by atoms with van der Waals surface area (Å²) in [4.78, 5) is 18.7. The number of aromatic nitrogens is 2. The van der Waals surface area contributed by atoms with E-state index in [2.05, 4.69) is 10.1 Å². The van der Waals surface area contributed by atoms with E-state index in [1.165, 1.54) is 0 Å². The van der Waals surface area contributed by atoms with Crippen LogP contribution in [0.4, 0.5) is 0 Å². The Labute approximate surface area is 139 Å². The molecule has 1 aliphatic rings. The number of halogens is 1. The summed E-state index contributed by atoms with van der Waals surface area (Å²) in [6, 6.07) is 7.03. The fraction of sp³-hybridized carbons (Fsp3) is 0.438. The molecule has 0 bridgehead atoms. The average Bonchev–Trinajstić information content (AvgIpc) is 3.05. The topological polar surface area (TPSA) is 68.5 Å². The minimum atomic E-state index is -0.383. The molecule has 1 fully saturated rings. The van der Waals surface area contributed by atoms with Gasteiger partial charge < -0.3 is 14.2 Å². The Kier molecular flexibility index (Phi) is 4.63. The van der Waals surface area contributed by atoms with E-state index in [1.807, 2.05) is 13.8 Å². The lowest BCUT2D eigenvalue weighted by Gasteiger charge is -2.31. The number of nitrogens with zero attached hydrogens (tertiary/aromatic N) is 3. The van der Waals surface area contributed by atoms with Crippen molar-refractivity contribution >= 4 is 17.5 Å². The molecule has 1 atom stereocenters. The molecule has 0 unspecified atom stereocenters. The zero-order valence-corrected chi connectivity index (χ0v) is 13.8. The molecular formula is C16H18ClN3O3. The summed E-state index contributed by atoms with van der Waals surface area (Å²) in [6.45, 7) is 5.27. The molecule has 1 amide bonds. The van der Waals surface area contributed by atoms with Crippen LogP contribution in [-0.4, -0.2) is 40.6 Å². The van der Waals surface area contributed by atoms with Crippen LogP contribution in [0, 0.1) is 0 Å². The third kappa shape index (κ3) is 3.38. The first-order valence-corrected chi connectivity index (χ1v) is 7.93. The number of carbonyl (C=O) groups is 1. The summed E-state index contributed by atoms with van der Waals surface area (Å²) in [5.41, 5.74) is 0.491. The lowest BCUT2D eigenvalue weighted by Crippen LogP contribution is -2.42. The van der Waals surface area contributed by atoms with Gasteiger partial charge in [-0.05, 0) is 12.1 Å². The number of benzene rings is 1. The molecule has 0 radical (unpaired) electrons. The molecule has 0 aliphatic carbocycles. The molecule has 2 aromatic rings. The van der Waals surface area contributed by atoms with Crippen LogP contribution in [0.5, 0.6) is 0 Å². The number of amides is 1. The minimum Gasteiger partial charge on any atom is -0.366 e. The predicted octanol–water partition coefficient (Wildman–Crippen LogP) is 3.06. The molecule has 1 saturated heterocycles. The van der Waals surface area contributed by atoms with Crippen molar-refractivity contribution < 1.29 is 14.1 Å². The van der Waals surface area contributed by atoms with Gasteiger partial charge in [-0.2, -0.15) is 4.98 Å². The maximum atomic E-state index is 12.6. The molecule has 3 rings (SSSR count). The monoisotopic (exact) mass is 335 g/mol. The van der Waals surface area contributed by atoms with Crippen molar-refractivity contribution in [3.05, 3.63) is 46.6 Å². The summed E-state index contributed by atoms with van der Waals surface area (Å²) in [5, 5.41) is 4.42. The Bertz CT molecular complexity index is 701. The minimum absolute atomic E-state index is 0.114. The van der Waals surface area contributed by atoms with Gasteiger partial charge in [-0.3, -0.25) is 4.79 Å². The molecule has 1 aromatic heterocycles. The second-order valence-electron chi connectivity index (χ2n) is 5.74. The summed E-state index contributed by atoms with van der Waals surface area (Å²) in [7, 11) is 0. The van der Waals surface area contributed by atoms with Crippen molar-refractivity contribution in [2.24, 2.45) is 0 Å². The number of rotatable bonds is 3.